The van der Waals surface area contributed by atoms with Crippen molar-refractivity contribution in [1.29, 1.82) is 5.26 Å². The number of aliphatic hydroxyl groups excluding tert-OH is 1. The summed E-state index contributed by atoms with van der Waals surface area (Å²) in [7, 11) is 0. The molecule has 0 unspecified atom stereocenters. The maximum atomic E-state index is 8.66. The Morgan fingerprint density at radius 2 is 2.50 bits per heavy atom. The monoisotopic (exact) mass is 163 g/mol. The van der Waals surface area contributed by atoms with E-state index >= 15 is 0 Å². The average molecular weight is 163 g/mol. The molecule has 1 heterocycles. The molecule has 1 N–H and O–H groups in total. The van der Waals surface area contributed by atoms with Crippen LogP contribution in [0.1, 0.15) is 18.4 Å². The lowest BCUT2D eigenvalue weighted by atomic mass is 10.3. The van der Waals surface area contributed by atoms with Gasteiger partial charge in [-0.2, -0.15) is 5.26 Å². The first-order chi connectivity index (χ1) is 5.76. The molecule has 1 aromatic heterocycles. The molecule has 62 valence electrons. The number of furan rings is 1. The van der Waals surface area contributed by atoms with Crippen LogP contribution in [0.25, 0.3) is 6.08 Å². The second kappa shape index (κ2) is 3.74. The van der Waals surface area contributed by atoms with E-state index in [1.165, 1.54) is 0 Å². The molecule has 0 amide bonds. The highest BCUT2D eigenvalue weighted by Gasteiger charge is 1.97. The number of hydrogen-bond donors (Lipinski definition) is 1. The fraction of sp³-hybridized carbons (Fsp3) is 0.222. The lowest BCUT2D eigenvalue weighted by Crippen LogP contribution is -1.74. The van der Waals surface area contributed by atoms with Crippen LogP contribution in [0, 0.1) is 11.3 Å². The van der Waals surface area contributed by atoms with Crippen molar-refractivity contribution in [1.82, 2.24) is 0 Å². The first kappa shape index (κ1) is 8.57. The number of hydrogen-bond acceptors (Lipinski definition) is 3. The Kier molecular flexibility index (Phi) is 2.67. The van der Waals surface area contributed by atoms with E-state index in [9.17, 15) is 0 Å². The normalized spacial score (nSPS) is 11.2. The third-order valence-electron chi connectivity index (χ3n) is 1.37. The maximum Gasteiger partial charge on any atom is 0.130 e. The molecule has 3 heteroatoms. The Morgan fingerprint density at radius 3 is 3.00 bits per heavy atom. The van der Waals surface area contributed by atoms with Gasteiger partial charge >= 0.3 is 0 Å². The van der Waals surface area contributed by atoms with Crippen molar-refractivity contribution in [2.45, 2.75) is 13.5 Å². The second-order valence-electron chi connectivity index (χ2n) is 2.40. The smallest absolute Gasteiger partial charge is 0.130 e. The first-order valence-corrected chi connectivity index (χ1v) is 3.54. The molecular weight excluding hydrogens is 154 g/mol. The molecule has 3 nitrogen and oxygen atoms in total. The Labute approximate surface area is 70.5 Å². The van der Waals surface area contributed by atoms with Gasteiger partial charge in [0.25, 0.3) is 0 Å². The van der Waals surface area contributed by atoms with E-state index < -0.39 is 0 Å². The van der Waals surface area contributed by atoms with Crippen molar-refractivity contribution in [3.05, 3.63) is 29.2 Å². The van der Waals surface area contributed by atoms with E-state index in [1.54, 1.807) is 25.1 Å². The fourth-order valence-corrected chi connectivity index (χ4v) is 0.803. The molecule has 0 bridgehead atoms. The van der Waals surface area contributed by atoms with Gasteiger partial charge in [-0.05, 0) is 25.1 Å². The van der Waals surface area contributed by atoms with Gasteiger partial charge in [0.2, 0.25) is 0 Å². The third-order valence-corrected chi connectivity index (χ3v) is 1.37. The minimum atomic E-state index is -0.112. The number of nitriles is 1. The molecule has 12 heavy (non-hydrogen) atoms. The molecule has 1 rings (SSSR count). The van der Waals surface area contributed by atoms with Crippen LogP contribution in [0.3, 0.4) is 0 Å². The van der Waals surface area contributed by atoms with Gasteiger partial charge in [-0.15, -0.1) is 0 Å². The van der Waals surface area contributed by atoms with Gasteiger partial charge in [0.1, 0.15) is 18.1 Å². The summed E-state index contributed by atoms with van der Waals surface area (Å²) >= 11 is 0. The predicted molar refractivity (Wildman–Crippen MR) is 43.9 cm³/mol. The summed E-state index contributed by atoms with van der Waals surface area (Å²) in [4.78, 5) is 0. The van der Waals surface area contributed by atoms with Crippen molar-refractivity contribution in [2.75, 3.05) is 0 Å². The zero-order valence-electron chi connectivity index (χ0n) is 6.74. The number of nitrogens with zero attached hydrogens (tertiary/aromatic N) is 1. The quantitative estimate of drug-likeness (QED) is 0.675. The van der Waals surface area contributed by atoms with Crippen LogP contribution in [-0.2, 0) is 6.61 Å². The molecule has 0 aliphatic carbocycles. The Morgan fingerprint density at radius 1 is 1.75 bits per heavy atom. The lowest BCUT2D eigenvalue weighted by molar-refractivity contribution is 0.246. The van der Waals surface area contributed by atoms with Gasteiger partial charge in [0.15, 0.2) is 0 Å². The Bertz CT molecular complexity index is 331. The Hall–Kier alpha value is -1.53. The summed E-state index contributed by atoms with van der Waals surface area (Å²) in [5.41, 5.74) is 0.578. The summed E-state index contributed by atoms with van der Waals surface area (Å²) in [5, 5.41) is 17.1. The van der Waals surface area contributed by atoms with Crippen LogP contribution in [0.5, 0.6) is 0 Å². The van der Waals surface area contributed by atoms with Crippen LogP contribution in [0.4, 0.5) is 0 Å². The topological polar surface area (TPSA) is 57.2 Å². The Balaban J connectivity index is 2.85. The van der Waals surface area contributed by atoms with Crippen molar-refractivity contribution in [3.63, 3.8) is 0 Å². The molecule has 0 aliphatic rings. The zero-order chi connectivity index (χ0) is 8.97. The highest BCUT2D eigenvalue weighted by Crippen LogP contribution is 2.11. The van der Waals surface area contributed by atoms with Gasteiger partial charge in [-0.3, -0.25) is 0 Å². The molecular formula is C9H9NO2. The average Bonchev–Trinajstić information content (AvgIpc) is 2.52. The summed E-state index contributed by atoms with van der Waals surface area (Å²) in [6, 6.07) is 5.37. The predicted octanol–water partition coefficient (Wildman–Crippen LogP) is 1.70. The zero-order valence-corrected chi connectivity index (χ0v) is 6.74. The second-order valence-corrected chi connectivity index (χ2v) is 2.40. The third kappa shape index (κ3) is 1.97. The van der Waals surface area contributed by atoms with Crippen molar-refractivity contribution >= 4 is 6.08 Å². The molecule has 0 spiro atoms. The first-order valence-electron chi connectivity index (χ1n) is 3.54. The largest absolute Gasteiger partial charge is 0.459 e. The molecule has 0 radical (unpaired) electrons. The molecule has 0 fully saturated rings. The van der Waals surface area contributed by atoms with Crippen LogP contribution < -0.4 is 0 Å². The van der Waals surface area contributed by atoms with E-state index in [2.05, 4.69) is 0 Å². The van der Waals surface area contributed by atoms with Gasteiger partial charge < -0.3 is 9.52 Å². The fourth-order valence-electron chi connectivity index (χ4n) is 0.803. The molecule has 0 aromatic carbocycles. The molecule has 1 aromatic rings. The molecule has 0 aliphatic heterocycles. The van der Waals surface area contributed by atoms with E-state index in [0.717, 1.165) is 0 Å². The summed E-state index contributed by atoms with van der Waals surface area (Å²) in [5.74, 6) is 1.10. The van der Waals surface area contributed by atoms with Gasteiger partial charge in [-0.25, -0.2) is 0 Å². The lowest BCUT2D eigenvalue weighted by Gasteiger charge is -1.87. The highest BCUT2D eigenvalue weighted by molar-refractivity contribution is 5.51. The maximum absolute atomic E-state index is 8.66. The van der Waals surface area contributed by atoms with Crippen molar-refractivity contribution in [3.8, 4) is 6.07 Å². The van der Waals surface area contributed by atoms with Crippen LogP contribution in [-0.4, -0.2) is 5.11 Å². The minimum absolute atomic E-state index is 0.112. The van der Waals surface area contributed by atoms with Gasteiger partial charge in [-0.1, -0.05) is 0 Å². The van der Waals surface area contributed by atoms with E-state index in [1.807, 2.05) is 6.07 Å². The van der Waals surface area contributed by atoms with Crippen molar-refractivity contribution in [2.24, 2.45) is 0 Å². The van der Waals surface area contributed by atoms with Crippen LogP contribution in [0.2, 0.25) is 0 Å². The molecule has 0 saturated carbocycles. The number of rotatable bonds is 2. The molecule has 0 atom stereocenters. The van der Waals surface area contributed by atoms with Crippen molar-refractivity contribution < 1.29 is 9.52 Å². The summed E-state index contributed by atoms with van der Waals surface area (Å²) in [6.07, 6.45) is 1.62. The van der Waals surface area contributed by atoms with E-state index in [4.69, 9.17) is 14.8 Å². The highest BCUT2D eigenvalue weighted by atomic mass is 16.4. The SMILES string of the molecule is C/C(C#N)=C/c1ccc(CO)o1. The van der Waals surface area contributed by atoms with E-state index in [0.29, 0.717) is 17.1 Å². The standard InChI is InChI=1S/C9H9NO2/c1-7(5-10)4-8-2-3-9(6-11)12-8/h2-4,11H,6H2,1H3/b7-4-. The van der Waals surface area contributed by atoms with Crippen LogP contribution >= 0.6 is 0 Å². The summed E-state index contributed by atoms with van der Waals surface area (Å²) < 4.78 is 5.13. The van der Waals surface area contributed by atoms with Gasteiger partial charge in [0.05, 0.1) is 6.07 Å². The van der Waals surface area contributed by atoms with E-state index in [-0.39, 0.29) is 6.61 Å². The van der Waals surface area contributed by atoms with Crippen LogP contribution in [0.15, 0.2) is 22.1 Å². The summed E-state index contributed by atoms with van der Waals surface area (Å²) in [6.45, 7) is 1.58. The number of aliphatic hydroxyl groups is 1. The number of allylic oxidation sites excluding steroid dienone is 1. The van der Waals surface area contributed by atoms with Gasteiger partial charge in [0, 0.05) is 5.57 Å². The minimum Gasteiger partial charge on any atom is -0.459 e. The molecule has 0 saturated heterocycles.